The highest BCUT2D eigenvalue weighted by atomic mass is 79.9. The monoisotopic (exact) mass is 339 g/mol. The molecule has 1 heterocycles. The van der Waals surface area contributed by atoms with Crippen LogP contribution in [-0.4, -0.2) is 23.3 Å². The lowest BCUT2D eigenvalue weighted by atomic mass is 9.99. The number of rotatable bonds is 4. The fourth-order valence-electron chi connectivity index (χ4n) is 1.84. The van der Waals surface area contributed by atoms with Gasteiger partial charge >= 0.3 is 5.97 Å². The summed E-state index contributed by atoms with van der Waals surface area (Å²) in [5.41, 5.74) is 1.62. The van der Waals surface area contributed by atoms with Gasteiger partial charge in [0.05, 0.1) is 17.1 Å². The number of hydrogen-bond acceptors (Lipinski definition) is 4. The van der Waals surface area contributed by atoms with E-state index in [1.165, 1.54) is 6.07 Å². The van der Waals surface area contributed by atoms with E-state index in [1.54, 1.807) is 7.11 Å². The van der Waals surface area contributed by atoms with Gasteiger partial charge in [0.25, 0.3) is 0 Å². The Kier molecular flexibility index (Phi) is 4.13. The topological polar surface area (TPSA) is 72.6 Å². The van der Waals surface area contributed by atoms with Crippen LogP contribution in [0.4, 0.5) is 0 Å². The summed E-state index contributed by atoms with van der Waals surface area (Å²) < 4.78 is 11.3. The fourth-order valence-corrected chi connectivity index (χ4v) is 2.48. The van der Waals surface area contributed by atoms with Gasteiger partial charge in [0.2, 0.25) is 0 Å². The van der Waals surface area contributed by atoms with Gasteiger partial charge in [-0.15, -0.1) is 0 Å². The number of hydrogen-bond donors (Lipinski definition) is 1. The number of carbonyl (C=O) groups is 1. The minimum absolute atomic E-state index is 0.131. The highest BCUT2D eigenvalue weighted by Crippen LogP contribution is 2.39. The van der Waals surface area contributed by atoms with E-state index in [4.69, 9.17) is 14.4 Å². The molecule has 106 valence electrons. The van der Waals surface area contributed by atoms with Crippen LogP contribution in [0.15, 0.2) is 27.2 Å². The summed E-state index contributed by atoms with van der Waals surface area (Å²) in [6.07, 6.45) is 0. The van der Waals surface area contributed by atoms with E-state index >= 15 is 0 Å². The Morgan fingerprint density at radius 1 is 1.40 bits per heavy atom. The number of carboxylic acid groups (broad SMARTS) is 1. The first kappa shape index (κ1) is 14.6. The SMILES string of the molecule is COc1c(Br)cc(C(C)C)cc1-c1cc(C(=O)O)no1. The smallest absolute Gasteiger partial charge is 0.358 e. The van der Waals surface area contributed by atoms with Gasteiger partial charge in [-0.1, -0.05) is 19.0 Å². The van der Waals surface area contributed by atoms with E-state index in [1.807, 2.05) is 12.1 Å². The summed E-state index contributed by atoms with van der Waals surface area (Å²) in [6, 6.07) is 5.28. The van der Waals surface area contributed by atoms with Crippen LogP contribution in [-0.2, 0) is 0 Å². The average molecular weight is 340 g/mol. The zero-order chi connectivity index (χ0) is 14.9. The molecule has 0 atom stereocenters. The van der Waals surface area contributed by atoms with Crippen LogP contribution in [0.1, 0.15) is 35.8 Å². The first-order chi connectivity index (χ1) is 9.43. The first-order valence-electron chi connectivity index (χ1n) is 6.01. The van der Waals surface area contributed by atoms with Gasteiger partial charge < -0.3 is 14.4 Å². The summed E-state index contributed by atoms with van der Waals surface area (Å²) in [6.45, 7) is 4.14. The number of benzene rings is 1. The first-order valence-corrected chi connectivity index (χ1v) is 6.81. The number of carboxylic acids is 1. The molecule has 2 rings (SSSR count). The molecule has 1 N–H and O–H groups in total. The second-order valence-corrected chi connectivity index (χ2v) is 5.47. The summed E-state index contributed by atoms with van der Waals surface area (Å²) in [7, 11) is 1.55. The zero-order valence-electron chi connectivity index (χ0n) is 11.3. The quantitative estimate of drug-likeness (QED) is 0.913. The molecule has 0 saturated carbocycles. The van der Waals surface area contributed by atoms with Crippen molar-refractivity contribution in [2.24, 2.45) is 0 Å². The molecule has 0 spiro atoms. The average Bonchev–Trinajstić information content (AvgIpc) is 2.87. The summed E-state index contributed by atoms with van der Waals surface area (Å²) in [4.78, 5) is 10.9. The molecule has 1 aromatic carbocycles. The number of methoxy groups -OCH3 is 1. The Morgan fingerprint density at radius 3 is 2.60 bits per heavy atom. The third-order valence-electron chi connectivity index (χ3n) is 2.93. The van der Waals surface area contributed by atoms with Crippen LogP contribution < -0.4 is 4.74 Å². The molecule has 0 aliphatic carbocycles. The third kappa shape index (κ3) is 2.70. The molecule has 20 heavy (non-hydrogen) atoms. The molecule has 0 fully saturated rings. The standard InChI is InChI=1S/C14H14BrNO4/c1-7(2)8-4-9(13(19-3)10(15)5-8)12-6-11(14(17)18)16-20-12/h4-7H,1-3H3,(H,17,18). The molecule has 0 aliphatic heterocycles. The molecule has 0 amide bonds. The van der Waals surface area contributed by atoms with Crippen LogP contribution in [0.25, 0.3) is 11.3 Å². The summed E-state index contributed by atoms with van der Waals surface area (Å²) >= 11 is 3.46. The number of halogens is 1. The van der Waals surface area contributed by atoms with Crippen molar-refractivity contribution in [3.63, 3.8) is 0 Å². The predicted octanol–water partition coefficient (Wildman–Crippen LogP) is 3.93. The van der Waals surface area contributed by atoms with E-state index in [0.29, 0.717) is 23.0 Å². The van der Waals surface area contributed by atoms with E-state index in [2.05, 4.69) is 34.9 Å². The molecular weight excluding hydrogens is 326 g/mol. The Bertz CT molecular complexity index is 649. The number of nitrogens with zero attached hydrogens (tertiary/aromatic N) is 1. The summed E-state index contributed by atoms with van der Waals surface area (Å²) in [5, 5.41) is 12.4. The van der Waals surface area contributed by atoms with Crippen molar-refractivity contribution in [3.8, 4) is 17.1 Å². The van der Waals surface area contributed by atoms with Crippen molar-refractivity contribution < 1.29 is 19.2 Å². The van der Waals surface area contributed by atoms with Crippen molar-refractivity contribution in [1.82, 2.24) is 5.16 Å². The van der Waals surface area contributed by atoms with Crippen LogP contribution >= 0.6 is 15.9 Å². The second-order valence-electron chi connectivity index (χ2n) is 4.62. The van der Waals surface area contributed by atoms with Crippen molar-refractivity contribution in [3.05, 3.63) is 33.9 Å². The van der Waals surface area contributed by atoms with Crippen molar-refractivity contribution in [2.45, 2.75) is 19.8 Å². The highest BCUT2D eigenvalue weighted by molar-refractivity contribution is 9.10. The molecule has 0 saturated heterocycles. The zero-order valence-corrected chi connectivity index (χ0v) is 12.9. The highest BCUT2D eigenvalue weighted by Gasteiger charge is 2.19. The molecule has 0 radical (unpaired) electrons. The molecular formula is C14H14BrNO4. The molecule has 0 bridgehead atoms. The minimum atomic E-state index is -1.13. The van der Waals surface area contributed by atoms with Gasteiger partial charge in [-0.2, -0.15) is 0 Å². The lowest BCUT2D eigenvalue weighted by Crippen LogP contribution is -1.95. The minimum Gasteiger partial charge on any atom is -0.495 e. The Labute approximate surface area is 124 Å². The number of aromatic nitrogens is 1. The lowest BCUT2D eigenvalue weighted by Gasteiger charge is -2.13. The van der Waals surface area contributed by atoms with Gasteiger partial charge in [0.1, 0.15) is 5.75 Å². The molecule has 0 unspecified atom stereocenters. The maximum absolute atomic E-state index is 10.9. The Morgan fingerprint density at radius 2 is 2.10 bits per heavy atom. The van der Waals surface area contributed by atoms with Crippen molar-refractivity contribution >= 4 is 21.9 Å². The third-order valence-corrected chi connectivity index (χ3v) is 3.52. The fraction of sp³-hybridized carbons (Fsp3) is 0.286. The lowest BCUT2D eigenvalue weighted by molar-refractivity contribution is 0.0686. The molecule has 6 heteroatoms. The van der Waals surface area contributed by atoms with E-state index in [9.17, 15) is 4.79 Å². The second kappa shape index (κ2) is 5.66. The van der Waals surface area contributed by atoms with Gasteiger partial charge in [0.15, 0.2) is 11.5 Å². The van der Waals surface area contributed by atoms with E-state index in [-0.39, 0.29) is 5.69 Å². The van der Waals surface area contributed by atoms with Gasteiger partial charge in [-0.3, -0.25) is 0 Å². The molecule has 0 aliphatic rings. The maximum Gasteiger partial charge on any atom is 0.358 e. The summed E-state index contributed by atoms with van der Waals surface area (Å²) in [5.74, 6) is 0.140. The van der Waals surface area contributed by atoms with E-state index < -0.39 is 5.97 Å². The van der Waals surface area contributed by atoms with Crippen molar-refractivity contribution in [1.29, 1.82) is 0 Å². The van der Waals surface area contributed by atoms with Crippen LogP contribution in [0.3, 0.4) is 0 Å². The van der Waals surface area contributed by atoms with Gasteiger partial charge in [0, 0.05) is 6.07 Å². The maximum atomic E-state index is 10.9. The van der Waals surface area contributed by atoms with Crippen molar-refractivity contribution in [2.75, 3.05) is 7.11 Å². The van der Waals surface area contributed by atoms with Crippen LogP contribution in [0.5, 0.6) is 5.75 Å². The Balaban J connectivity index is 2.60. The normalized spacial score (nSPS) is 10.8. The van der Waals surface area contributed by atoms with E-state index in [0.717, 1.165) is 10.0 Å². The molecule has 2 aromatic rings. The van der Waals surface area contributed by atoms with Crippen LogP contribution in [0.2, 0.25) is 0 Å². The largest absolute Gasteiger partial charge is 0.495 e. The van der Waals surface area contributed by atoms with Gasteiger partial charge in [-0.05, 0) is 39.5 Å². The van der Waals surface area contributed by atoms with Crippen LogP contribution in [0, 0.1) is 0 Å². The molecule has 5 nitrogen and oxygen atoms in total. The predicted molar refractivity (Wildman–Crippen MR) is 77.2 cm³/mol. The number of aromatic carboxylic acids is 1. The number of ether oxygens (including phenoxy) is 1. The molecule has 1 aromatic heterocycles. The Hall–Kier alpha value is -1.82. The van der Waals surface area contributed by atoms with Gasteiger partial charge in [-0.25, -0.2) is 4.79 Å².